The zero-order chi connectivity index (χ0) is 15.2. The molecule has 0 aliphatic heterocycles. The molecule has 0 radical (unpaired) electrons. The van der Waals surface area contributed by atoms with E-state index in [4.69, 9.17) is 4.74 Å². The van der Waals surface area contributed by atoms with Gasteiger partial charge in [0.25, 0.3) is 0 Å². The SMILES string of the molecule is CCNC(CCc1ccnn1C)c1c(F)cccc1OC. The zero-order valence-corrected chi connectivity index (χ0v) is 12.8. The van der Waals surface area contributed by atoms with Crippen molar-refractivity contribution in [3.05, 3.63) is 47.5 Å². The van der Waals surface area contributed by atoms with Crippen molar-refractivity contribution in [2.75, 3.05) is 13.7 Å². The fourth-order valence-corrected chi connectivity index (χ4v) is 2.57. The second-order valence-corrected chi connectivity index (χ2v) is 4.95. The molecule has 0 amide bonds. The number of ether oxygens (including phenoxy) is 1. The topological polar surface area (TPSA) is 39.1 Å². The molecule has 1 aromatic heterocycles. The highest BCUT2D eigenvalue weighted by atomic mass is 19.1. The minimum absolute atomic E-state index is 0.0824. The number of benzene rings is 1. The highest BCUT2D eigenvalue weighted by Crippen LogP contribution is 2.30. The van der Waals surface area contributed by atoms with Gasteiger partial charge in [0.2, 0.25) is 0 Å². The lowest BCUT2D eigenvalue weighted by Gasteiger charge is -2.21. The molecule has 0 spiro atoms. The largest absolute Gasteiger partial charge is 0.496 e. The Morgan fingerprint density at radius 2 is 2.19 bits per heavy atom. The summed E-state index contributed by atoms with van der Waals surface area (Å²) in [6, 6.07) is 6.85. The van der Waals surface area contributed by atoms with Gasteiger partial charge < -0.3 is 10.1 Å². The van der Waals surface area contributed by atoms with E-state index in [1.54, 1.807) is 25.4 Å². The normalized spacial score (nSPS) is 12.4. The van der Waals surface area contributed by atoms with Gasteiger partial charge >= 0.3 is 0 Å². The third-order valence-corrected chi connectivity index (χ3v) is 3.64. The lowest BCUT2D eigenvalue weighted by atomic mass is 9.99. The molecule has 5 heteroatoms. The van der Waals surface area contributed by atoms with E-state index < -0.39 is 0 Å². The molecule has 0 aliphatic carbocycles. The Labute approximate surface area is 124 Å². The van der Waals surface area contributed by atoms with Crippen molar-refractivity contribution in [2.45, 2.75) is 25.8 Å². The van der Waals surface area contributed by atoms with Crippen molar-refractivity contribution >= 4 is 0 Å². The van der Waals surface area contributed by atoms with Crippen molar-refractivity contribution in [1.82, 2.24) is 15.1 Å². The van der Waals surface area contributed by atoms with Crippen molar-refractivity contribution < 1.29 is 9.13 Å². The number of methoxy groups -OCH3 is 1. The quantitative estimate of drug-likeness (QED) is 0.852. The van der Waals surface area contributed by atoms with Gasteiger partial charge in [-0.1, -0.05) is 13.0 Å². The Morgan fingerprint density at radius 1 is 1.38 bits per heavy atom. The summed E-state index contributed by atoms with van der Waals surface area (Å²) in [6.07, 6.45) is 3.39. The highest BCUT2D eigenvalue weighted by Gasteiger charge is 2.20. The van der Waals surface area contributed by atoms with Crippen LogP contribution < -0.4 is 10.1 Å². The van der Waals surface area contributed by atoms with E-state index in [9.17, 15) is 4.39 Å². The third kappa shape index (κ3) is 3.61. The number of nitrogens with one attached hydrogen (secondary N) is 1. The van der Waals surface area contributed by atoms with E-state index in [1.807, 2.05) is 24.7 Å². The number of rotatable bonds is 7. The Bertz CT molecular complexity index is 583. The standard InChI is InChI=1S/C16H22FN3O/c1-4-18-14(9-8-12-10-11-19-20(12)2)16-13(17)6-5-7-15(16)21-3/h5-7,10-11,14,18H,4,8-9H2,1-3H3. The average molecular weight is 291 g/mol. The van der Waals surface area contributed by atoms with Crippen LogP contribution in [0.4, 0.5) is 4.39 Å². The predicted molar refractivity (Wildman–Crippen MR) is 80.9 cm³/mol. The maximum absolute atomic E-state index is 14.2. The van der Waals surface area contributed by atoms with E-state index in [0.717, 1.165) is 25.1 Å². The first-order chi connectivity index (χ1) is 10.2. The van der Waals surface area contributed by atoms with Crippen molar-refractivity contribution in [3.63, 3.8) is 0 Å². The molecular weight excluding hydrogens is 269 g/mol. The molecule has 0 aliphatic rings. The molecule has 2 aromatic rings. The van der Waals surface area contributed by atoms with E-state index in [0.29, 0.717) is 11.3 Å². The molecule has 4 nitrogen and oxygen atoms in total. The van der Waals surface area contributed by atoms with Crippen molar-refractivity contribution in [1.29, 1.82) is 0 Å². The molecule has 0 saturated heterocycles. The predicted octanol–water partition coefficient (Wildman–Crippen LogP) is 2.85. The Kier molecular flexibility index (Phi) is 5.33. The summed E-state index contributed by atoms with van der Waals surface area (Å²) in [5, 5.41) is 7.51. The molecule has 1 unspecified atom stereocenters. The van der Waals surface area contributed by atoms with Crippen LogP contribution in [0.2, 0.25) is 0 Å². The van der Waals surface area contributed by atoms with Crippen LogP contribution in [0.3, 0.4) is 0 Å². The van der Waals surface area contributed by atoms with Gasteiger partial charge in [0.15, 0.2) is 0 Å². The van der Waals surface area contributed by atoms with Gasteiger partial charge in [-0.05, 0) is 37.6 Å². The molecule has 0 bridgehead atoms. The van der Waals surface area contributed by atoms with Crippen molar-refractivity contribution in [3.8, 4) is 5.75 Å². The van der Waals surface area contributed by atoms with E-state index in [2.05, 4.69) is 10.4 Å². The molecule has 0 saturated carbocycles. The number of aromatic nitrogens is 2. The van der Waals surface area contributed by atoms with E-state index >= 15 is 0 Å². The summed E-state index contributed by atoms with van der Waals surface area (Å²) in [6.45, 7) is 2.79. The van der Waals surface area contributed by atoms with E-state index in [1.165, 1.54) is 6.07 Å². The lowest BCUT2D eigenvalue weighted by molar-refractivity contribution is 0.386. The lowest BCUT2D eigenvalue weighted by Crippen LogP contribution is -2.23. The molecule has 1 N–H and O–H groups in total. The second-order valence-electron chi connectivity index (χ2n) is 4.95. The third-order valence-electron chi connectivity index (χ3n) is 3.64. The highest BCUT2D eigenvalue weighted by molar-refractivity contribution is 5.37. The number of nitrogens with zero attached hydrogens (tertiary/aromatic N) is 2. The van der Waals surface area contributed by atoms with Gasteiger partial charge in [0.05, 0.1) is 7.11 Å². The molecule has 114 valence electrons. The summed E-state index contributed by atoms with van der Waals surface area (Å²) in [5.74, 6) is 0.358. The Balaban J connectivity index is 2.21. The number of hydrogen-bond acceptors (Lipinski definition) is 3. The molecule has 2 rings (SSSR count). The number of halogens is 1. The second kappa shape index (κ2) is 7.22. The van der Waals surface area contributed by atoms with Gasteiger partial charge in [-0.25, -0.2) is 4.39 Å². The maximum Gasteiger partial charge on any atom is 0.131 e. The molecule has 1 heterocycles. The molecule has 0 fully saturated rings. The van der Waals surface area contributed by atoms with Crippen LogP contribution in [0.5, 0.6) is 5.75 Å². The first kappa shape index (κ1) is 15.5. The maximum atomic E-state index is 14.2. The number of hydrogen-bond donors (Lipinski definition) is 1. The van der Waals surface area contributed by atoms with Crippen LogP contribution in [-0.4, -0.2) is 23.4 Å². The Morgan fingerprint density at radius 3 is 2.81 bits per heavy atom. The summed E-state index contributed by atoms with van der Waals surface area (Å²) in [7, 11) is 3.49. The van der Waals surface area contributed by atoms with Crippen LogP contribution in [0.1, 0.15) is 30.6 Å². The van der Waals surface area contributed by atoms with Crippen LogP contribution in [0, 0.1) is 5.82 Å². The van der Waals surface area contributed by atoms with Gasteiger partial charge in [0.1, 0.15) is 11.6 Å². The first-order valence-electron chi connectivity index (χ1n) is 7.20. The first-order valence-corrected chi connectivity index (χ1v) is 7.20. The fourth-order valence-electron chi connectivity index (χ4n) is 2.57. The summed E-state index contributed by atoms with van der Waals surface area (Å²) >= 11 is 0. The van der Waals surface area contributed by atoms with Gasteiger partial charge in [0, 0.05) is 30.5 Å². The smallest absolute Gasteiger partial charge is 0.131 e. The minimum Gasteiger partial charge on any atom is -0.496 e. The number of aryl methyl sites for hydroxylation is 2. The summed E-state index contributed by atoms with van der Waals surface area (Å²) < 4.78 is 21.4. The van der Waals surface area contributed by atoms with Crippen LogP contribution in [-0.2, 0) is 13.5 Å². The van der Waals surface area contributed by atoms with Gasteiger partial charge in [-0.2, -0.15) is 5.10 Å². The van der Waals surface area contributed by atoms with Crippen molar-refractivity contribution in [2.24, 2.45) is 7.05 Å². The Hall–Kier alpha value is -1.88. The average Bonchev–Trinajstić information content (AvgIpc) is 2.89. The van der Waals surface area contributed by atoms with Crippen LogP contribution in [0.15, 0.2) is 30.5 Å². The van der Waals surface area contributed by atoms with E-state index in [-0.39, 0.29) is 11.9 Å². The monoisotopic (exact) mass is 291 g/mol. The minimum atomic E-state index is -0.231. The fraction of sp³-hybridized carbons (Fsp3) is 0.438. The van der Waals surface area contributed by atoms with Gasteiger partial charge in [-0.15, -0.1) is 0 Å². The summed E-state index contributed by atoms with van der Waals surface area (Å²) in [4.78, 5) is 0. The van der Waals surface area contributed by atoms with Crippen LogP contribution >= 0.6 is 0 Å². The zero-order valence-electron chi connectivity index (χ0n) is 12.8. The molecule has 1 aromatic carbocycles. The van der Waals surface area contributed by atoms with Gasteiger partial charge in [-0.3, -0.25) is 4.68 Å². The molecular formula is C16H22FN3O. The summed E-state index contributed by atoms with van der Waals surface area (Å²) in [5.41, 5.74) is 1.73. The molecule has 21 heavy (non-hydrogen) atoms. The van der Waals surface area contributed by atoms with Crippen LogP contribution in [0.25, 0.3) is 0 Å². The molecule has 1 atom stereocenters.